The standard InChI is InChI=1S/C14H15BrN2O3/c15-9-1-2-10-11(8-16-12(10)7-9)13(14(18)19)17-3-5-20-6-4-17/h1-2,7-8,13,16H,3-6H2,(H,18,19). The fourth-order valence-electron chi connectivity index (χ4n) is 2.67. The number of halogens is 1. The number of benzene rings is 1. The van der Waals surface area contributed by atoms with Crippen LogP contribution in [0.5, 0.6) is 0 Å². The van der Waals surface area contributed by atoms with E-state index in [0.29, 0.717) is 26.3 Å². The number of hydrogen-bond acceptors (Lipinski definition) is 3. The summed E-state index contributed by atoms with van der Waals surface area (Å²) >= 11 is 3.42. The summed E-state index contributed by atoms with van der Waals surface area (Å²) in [6, 6.07) is 5.20. The molecule has 0 spiro atoms. The molecule has 1 fully saturated rings. The lowest BCUT2D eigenvalue weighted by Crippen LogP contribution is -2.42. The van der Waals surface area contributed by atoms with E-state index in [1.54, 1.807) is 6.20 Å². The molecule has 1 aliphatic heterocycles. The Labute approximate surface area is 124 Å². The molecule has 2 aromatic rings. The number of aliphatic carboxylic acids is 1. The Hall–Kier alpha value is -1.37. The molecule has 2 heterocycles. The number of aromatic nitrogens is 1. The summed E-state index contributed by atoms with van der Waals surface area (Å²) in [4.78, 5) is 16.8. The molecular weight excluding hydrogens is 324 g/mol. The minimum Gasteiger partial charge on any atom is -0.480 e. The Balaban J connectivity index is 2.02. The zero-order chi connectivity index (χ0) is 14.1. The lowest BCUT2D eigenvalue weighted by molar-refractivity contribution is -0.145. The second-order valence-corrected chi connectivity index (χ2v) is 5.74. The molecule has 0 saturated carbocycles. The van der Waals surface area contributed by atoms with Gasteiger partial charge < -0.3 is 14.8 Å². The van der Waals surface area contributed by atoms with E-state index in [2.05, 4.69) is 20.9 Å². The molecule has 1 atom stereocenters. The van der Waals surface area contributed by atoms with Gasteiger partial charge in [0.2, 0.25) is 0 Å². The smallest absolute Gasteiger partial charge is 0.325 e. The highest BCUT2D eigenvalue weighted by Crippen LogP contribution is 2.30. The predicted octanol–water partition coefficient (Wildman–Crippen LogP) is 2.39. The maximum Gasteiger partial charge on any atom is 0.325 e. The Morgan fingerprint density at radius 1 is 1.40 bits per heavy atom. The van der Waals surface area contributed by atoms with Gasteiger partial charge in [-0.15, -0.1) is 0 Å². The van der Waals surface area contributed by atoms with Crippen LogP contribution in [0.2, 0.25) is 0 Å². The summed E-state index contributed by atoms with van der Waals surface area (Å²) < 4.78 is 6.27. The SMILES string of the molecule is O=C(O)C(c1c[nH]c2cc(Br)ccc12)N1CCOCC1. The van der Waals surface area contributed by atoms with Crippen molar-refractivity contribution in [3.8, 4) is 0 Å². The molecule has 20 heavy (non-hydrogen) atoms. The second-order valence-electron chi connectivity index (χ2n) is 4.82. The first-order valence-corrected chi connectivity index (χ1v) is 7.27. The molecule has 0 radical (unpaired) electrons. The molecule has 2 N–H and O–H groups in total. The van der Waals surface area contributed by atoms with Gasteiger partial charge in [-0.25, -0.2) is 0 Å². The fourth-order valence-corrected chi connectivity index (χ4v) is 3.03. The average Bonchev–Trinajstić information content (AvgIpc) is 2.83. The molecule has 6 heteroatoms. The molecule has 0 aliphatic carbocycles. The molecule has 1 aliphatic rings. The number of fused-ring (bicyclic) bond motifs is 1. The van der Waals surface area contributed by atoms with Crippen molar-refractivity contribution < 1.29 is 14.6 Å². The molecule has 1 unspecified atom stereocenters. The Bertz CT molecular complexity index is 634. The maximum atomic E-state index is 11.7. The van der Waals surface area contributed by atoms with Crippen LogP contribution in [0.3, 0.4) is 0 Å². The Morgan fingerprint density at radius 3 is 2.85 bits per heavy atom. The van der Waals surface area contributed by atoms with Crippen molar-refractivity contribution in [1.82, 2.24) is 9.88 Å². The molecule has 0 bridgehead atoms. The summed E-state index contributed by atoms with van der Waals surface area (Å²) in [5.74, 6) is -0.823. The first-order chi connectivity index (χ1) is 9.66. The highest BCUT2D eigenvalue weighted by molar-refractivity contribution is 9.10. The van der Waals surface area contributed by atoms with E-state index in [-0.39, 0.29) is 0 Å². The zero-order valence-corrected chi connectivity index (χ0v) is 12.4. The van der Waals surface area contributed by atoms with Crippen LogP contribution in [0, 0.1) is 0 Å². The van der Waals surface area contributed by atoms with Crippen LogP contribution in [0.15, 0.2) is 28.9 Å². The summed E-state index contributed by atoms with van der Waals surface area (Å²) in [6.07, 6.45) is 1.80. The highest BCUT2D eigenvalue weighted by Gasteiger charge is 2.30. The van der Waals surface area contributed by atoms with Crippen molar-refractivity contribution in [2.45, 2.75) is 6.04 Å². The van der Waals surface area contributed by atoms with Crippen LogP contribution in [-0.4, -0.2) is 47.3 Å². The molecule has 3 rings (SSSR count). The monoisotopic (exact) mass is 338 g/mol. The third-order valence-corrected chi connectivity index (χ3v) is 4.11. The van der Waals surface area contributed by atoms with Crippen molar-refractivity contribution in [2.75, 3.05) is 26.3 Å². The molecule has 106 valence electrons. The van der Waals surface area contributed by atoms with E-state index in [1.807, 2.05) is 23.1 Å². The molecule has 0 amide bonds. The van der Waals surface area contributed by atoms with Crippen LogP contribution in [0.4, 0.5) is 0 Å². The van der Waals surface area contributed by atoms with E-state index in [9.17, 15) is 9.90 Å². The number of H-pyrrole nitrogens is 1. The van der Waals surface area contributed by atoms with E-state index in [1.165, 1.54) is 0 Å². The molecule has 1 aromatic heterocycles. The van der Waals surface area contributed by atoms with Gasteiger partial charge in [-0.2, -0.15) is 0 Å². The van der Waals surface area contributed by atoms with Crippen molar-refractivity contribution in [1.29, 1.82) is 0 Å². The number of hydrogen-bond donors (Lipinski definition) is 2. The largest absolute Gasteiger partial charge is 0.480 e. The molecule has 1 aromatic carbocycles. The Kier molecular flexibility index (Phi) is 3.78. The van der Waals surface area contributed by atoms with Gasteiger partial charge in [-0.1, -0.05) is 22.0 Å². The first-order valence-electron chi connectivity index (χ1n) is 6.48. The third-order valence-electron chi connectivity index (χ3n) is 3.62. The van der Waals surface area contributed by atoms with Crippen LogP contribution in [-0.2, 0) is 9.53 Å². The van der Waals surface area contributed by atoms with E-state index < -0.39 is 12.0 Å². The lowest BCUT2D eigenvalue weighted by atomic mass is 10.0. The van der Waals surface area contributed by atoms with Crippen molar-refractivity contribution in [2.24, 2.45) is 0 Å². The lowest BCUT2D eigenvalue weighted by Gasteiger charge is -2.31. The summed E-state index contributed by atoms with van der Waals surface area (Å²) in [5.41, 5.74) is 1.75. The number of ether oxygens (including phenoxy) is 1. The minimum atomic E-state index is -0.823. The Morgan fingerprint density at radius 2 is 2.15 bits per heavy atom. The number of morpholine rings is 1. The van der Waals surface area contributed by atoms with Gasteiger partial charge in [0.15, 0.2) is 0 Å². The van der Waals surface area contributed by atoms with E-state index in [4.69, 9.17) is 4.74 Å². The summed E-state index contributed by atoms with van der Waals surface area (Å²) in [7, 11) is 0. The number of nitrogens with zero attached hydrogens (tertiary/aromatic N) is 1. The summed E-state index contributed by atoms with van der Waals surface area (Å²) in [5, 5.41) is 10.6. The van der Waals surface area contributed by atoms with Gasteiger partial charge in [0.05, 0.1) is 13.2 Å². The maximum absolute atomic E-state index is 11.7. The average molecular weight is 339 g/mol. The van der Waals surface area contributed by atoms with Crippen molar-refractivity contribution in [3.63, 3.8) is 0 Å². The first kappa shape index (κ1) is 13.6. The van der Waals surface area contributed by atoms with Gasteiger partial charge in [0.25, 0.3) is 0 Å². The fraction of sp³-hybridized carbons (Fsp3) is 0.357. The van der Waals surface area contributed by atoms with Gasteiger partial charge in [0, 0.05) is 40.2 Å². The number of carbonyl (C=O) groups is 1. The van der Waals surface area contributed by atoms with Crippen LogP contribution < -0.4 is 0 Å². The van der Waals surface area contributed by atoms with E-state index in [0.717, 1.165) is 20.9 Å². The normalized spacial score (nSPS) is 18.2. The third kappa shape index (κ3) is 2.46. The number of carboxylic acids is 1. The number of nitrogens with one attached hydrogen (secondary N) is 1. The summed E-state index contributed by atoms with van der Waals surface area (Å²) in [6.45, 7) is 2.44. The number of aromatic amines is 1. The van der Waals surface area contributed by atoms with E-state index >= 15 is 0 Å². The van der Waals surface area contributed by atoms with Crippen molar-refractivity contribution in [3.05, 3.63) is 34.4 Å². The highest BCUT2D eigenvalue weighted by atomic mass is 79.9. The van der Waals surface area contributed by atoms with Crippen LogP contribution in [0.25, 0.3) is 10.9 Å². The number of carboxylic acid groups (broad SMARTS) is 1. The van der Waals surface area contributed by atoms with Gasteiger partial charge in [0.1, 0.15) is 6.04 Å². The number of rotatable bonds is 3. The van der Waals surface area contributed by atoms with Crippen LogP contribution in [0.1, 0.15) is 11.6 Å². The second kappa shape index (κ2) is 5.55. The topological polar surface area (TPSA) is 65.6 Å². The minimum absolute atomic E-state index is 0.581. The quantitative estimate of drug-likeness (QED) is 0.901. The molecule has 5 nitrogen and oxygen atoms in total. The molecular formula is C14H15BrN2O3. The van der Waals surface area contributed by atoms with Gasteiger partial charge >= 0.3 is 5.97 Å². The van der Waals surface area contributed by atoms with Crippen molar-refractivity contribution >= 4 is 32.8 Å². The van der Waals surface area contributed by atoms with Gasteiger partial charge in [-0.05, 0) is 12.1 Å². The predicted molar refractivity (Wildman–Crippen MR) is 78.8 cm³/mol. The van der Waals surface area contributed by atoms with Crippen LogP contribution >= 0.6 is 15.9 Å². The van der Waals surface area contributed by atoms with Gasteiger partial charge in [-0.3, -0.25) is 9.69 Å². The molecule has 1 saturated heterocycles. The zero-order valence-electron chi connectivity index (χ0n) is 10.8.